The molecule has 0 spiro atoms. The summed E-state index contributed by atoms with van der Waals surface area (Å²) in [5.74, 6) is 0.225. The predicted molar refractivity (Wildman–Crippen MR) is 121 cm³/mol. The van der Waals surface area contributed by atoms with Crippen molar-refractivity contribution in [1.82, 2.24) is 9.88 Å². The maximum atomic E-state index is 13.1. The average molecular weight is 417 g/mol. The first-order chi connectivity index (χ1) is 15.2. The normalized spacial score (nSPS) is 18.6. The highest BCUT2D eigenvalue weighted by atomic mass is 16.5. The first-order valence-corrected chi connectivity index (χ1v) is 11.1. The van der Waals surface area contributed by atoms with E-state index in [1.807, 2.05) is 54.6 Å². The van der Waals surface area contributed by atoms with Crippen molar-refractivity contribution in [3.63, 3.8) is 0 Å². The Morgan fingerprint density at radius 3 is 2.58 bits per heavy atom. The van der Waals surface area contributed by atoms with Gasteiger partial charge in [-0.1, -0.05) is 48.5 Å². The topological polar surface area (TPSA) is 51.7 Å². The van der Waals surface area contributed by atoms with Crippen molar-refractivity contribution in [3.8, 4) is 11.1 Å². The number of methoxy groups -OCH3 is 1. The molecule has 160 valence electrons. The second-order valence-electron chi connectivity index (χ2n) is 8.57. The molecule has 1 saturated heterocycles. The number of aromatic nitrogens is 1. The van der Waals surface area contributed by atoms with Gasteiger partial charge >= 0.3 is 5.97 Å². The predicted octanol–water partition coefficient (Wildman–Crippen LogP) is 4.69. The smallest absolute Gasteiger partial charge is 0.340 e. The van der Waals surface area contributed by atoms with Crippen LogP contribution in [0.15, 0.2) is 54.6 Å². The molecule has 1 saturated carbocycles. The van der Waals surface area contributed by atoms with E-state index in [4.69, 9.17) is 14.5 Å². The highest BCUT2D eigenvalue weighted by Gasteiger charge is 2.33. The van der Waals surface area contributed by atoms with Crippen LogP contribution in [-0.2, 0) is 16.0 Å². The van der Waals surface area contributed by atoms with Crippen LogP contribution in [0, 0.1) is 5.92 Å². The largest absolute Gasteiger partial charge is 0.465 e. The minimum atomic E-state index is -0.327. The van der Waals surface area contributed by atoms with E-state index < -0.39 is 0 Å². The second kappa shape index (κ2) is 8.77. The molecule has 2 heterocycles. The van der Waals surface area contributed by atoms with Crippen LogP contribution in [0.3, 0.4) is 0 Å². The Hall–Kier alpha value is -2.76. The van der Waals surface area contributed by atoms with Crippen molar-refractivity contribution in [2.75, 3.05) is 26.9 Å². The fourth-order valence-electron chi connectivity index (χ4n) is 4.64. The first-order valence-electron chi connectivity index (χ1n) is 11.1. The van der Waals surface area contributed by atoms with Gasteiger partial charge < -0.3 is 9.47 Å². The third-order valence-corrected chi connectivity index (χ3v) is 6.35. The maximum absolute atomic E-state index is 13.1. The van der Waals surface area contributed by atoms with Crippen LogP contribution >= 0.6 is 0 Å². The number of carbonyl (C=O) groups is 1. The lowest BCUT2D eigenvalue weighted by Gasteiger charge is -2.26. The van der Waals surface area contributed by atoms with Crippen LogP contribution in [0.5, 0.6) is 0 Å². The fourth-order valence-corrected chi connectivity index (χ4v) is 4.64. The molecule has 1 aliphatic carbocycles. The molecular formula is C26H28N2O3. The Balaban J connectivity index is 1.63. The van der Waals surface area contributed by atoms with Gasteiger partial charge in [-0.3, -0.25) is 9.88 Å². The third-order valence-electron chi connectivity index (χ3n) is 6.35. The molecule has 0 amide bonds. The number of hydrogen-bond donors (Lipinski definition) is 0. The van der Waals surface area contributed by atoms with Gasteiger partial charge in [-0.2, -0.15) is 0 Å². The van der Waals surface area contributed by atoms with Crippen LogP contribution in [0.25, 0.3) is 22.0 Å². The summed E-state index contributed by atoms with van der Waals surface area (Å²) >= 11 is 0. The van der Waals surface area contributed by atoms with E-state index >= 15 is 0 Å². The van der Waals surface area contributed by atoms with Gasteiger partial charge in [0, 0.05) is 36.7 Å². The molecule has 0 N–H and O–H groups in total. The molecule has 0 bridgehead atoms. The molecule has 3 aromatic rings. The zero-order valence-electron chi connectivity index (χ0n) is 17.9. The summed E-state index contributed by atoms with van der Waals surface area (Å²) in [6.07, 6.45) is 3.52. The number of benzene rings is 2. The molecule has 5 heteroatoms. The number of para-hydroxylation sites is 1. The van der Waals surface area contributed by atoms with Gasteiger partial charge in [0.1, 0.15) is 0 Å². The van der Waals surface area contributed by atoms with Gasteiger partial charge in [0.05, 0.1) is 30.5 Å². The molecule has 5 rings (SSSR count). The lowest BCUT2D eigenvalue weighted by Crippen LogP contribution is -2.32. The maximum Gasteiger partial charge on any atom is 0.340 e. The molecule has 2 aliphatic rings. The Morgan fingerprint density at radius 2 is 1.87 bits per heavy atom. The molecule has 2 fully saturated rings. The number of nitrogens with zero attached hydrogens (tertiary/aromatic N) is 2. The monoisotopic (exact) mass is 416 g/mol. The van der Waals surface area contributed by atoms with E-state index in [1.165, 1.54) is 20.0 Å². The highest BCUT2D eigenvalue weighted by molar-refractivity contribution is 6.07. The number of pyridine rings is 1. The summed E-state index contributed by atoms with van der Waals surface area (Å²) in [5, 5.41) is 0.972. The van der Waals surface area contributed by atoms with Crippen molar-refractivity contribution in [3.05, 3.63) is 65.9 Å². The highest BCUT2D eigenvalue weighted by Crippen LogP contribution is 2.36. The lowest BCUT2D eigenvalue weighted by atomic mass is 9.93. The second-order valence-corrected chi connectivity index (χ2v) is 8.57. The number of ether oxygens (including phenoxy) is 2. The minimum absolute atomic E-state index is 0.327. The number of carbonyl (C=O) groups excluding carboxylic acids is 1. The van der Waals surface area contributed by atoms with E-state index in [9.17, 15) is 4.79 Å². The summed E-state index contributed by atoms with van der Waals surface area (Å²) in [5.41, 5.74) is 4.21. The van der Waals surface area contributed by atoms with Gasteiger partial charge in [0.25, 0.3) is 0 Å². The number of esters is 1. The summed E-state index contributed by atoms with van der Waals surface area (Å²) in [7, 11) is 1.45. The summed E-state index contributed by atoms with van der Waals surface area (Å²) < 4.78 is 10.9. The molecular weight excluding hydrogens is 388 g/mol. The Kier molecular flexibility index (Phi) is 5.70. The number of fused-ring (bicyclic) bond motifs is 1. The average Bonchev–Trinajstić information content (AvgIpc) is 3.54. The molecule has 1 aromatic heterocycles. The van der Waals surface area contributed by atoms with Gasteiger partial charge in [-0.25, -0.2) is 4.79 Å². The lowest BCUT2D eigenvalue weighted by molar-refractivity contribution is 0.0598. The minimum Gasteiger partial charge on any atom is -0.465 e. The zero-order valence-corrected chi connectivity index (χ0v) is 17.9. The van der Waals surface area contributed by atoms with E-state index in [1.54, 1.807) is 0 Å². The van der Waals surface area contributed by atoms with E-state index in [0.29, 0.717) is 24.1 Å². The third kappa shape index (κ3) is 4.21. The molecule has 0 radical (unpaired) electrons. The molecule has 1 atom stereocenters. The van der Waals surface area contributed by atoms with Crippen molar-refractivity contribution < 1.29 is 14.3 Å². The fraction of sp³-hybridized carbons (Fsp3) is 0.385. The molecule has 1 aliphatic heterocycles. The van der Waals surface area contributed by atoms with Crippen LogP contribution in [0.2, 0.25) is 0 Å². The van der Waals surface area contributed by atoms with Crippen molar-refractivity contribution in [2.24, 2.45) is 5.92 Å². The molecule has 2 aromatic carbocycles. The summed E-state index contributed by atoms with van der Waals surface area (Å²) in [6, 6.07) is 18.7. The van der Waals surface area contributed by atoms with Crippen LogP contribution in [0.4, 0.5) is 0 Å². The molecule has 5 nitrogen and oxygen atoms in total. The standard InChI is InChI=1S/C26H28N2O3/c1-30-26(29)25-23(16-28(20-11-12-20)15-18-13-14-31-17-18)27-22-10-6-5-9-21(22)24(25)19-7-3-2-4-8-19/h2-10,18,20H,11-17H2,1H3. The van der Waals surface area contributed by atoms with Crippen molar-refractivity contribution in [1.29, 1.82) is 0 Å². The SMILES string of the molecule is COC(=O)c1c(CN(CC2CCOC2)C2CC2)nc2ccccc2c1-c1ccccc1. The van der Waals surface area contributed by atoms with E-state index in [0.717, 1.165) is 53.9 Å². The van der Waals surface area contributed by atoms with Gasteiger partial charge in [-0.05, 0) is 36.8 Å². The van der Waals surface area contributed by atoms with Crippen molar-refractivity contribution in [2.45, 2.75) is 31.8 Å². The zero-order chi connectivity index (χ0) is 21.2. The molecule has 1 unspecified atom stereocenters. The number of rotatable bonds is 7. The van der Waals surface area contributed by atoms with Gasteiger partial charge in [0.15, 0.2) is 0 Å². The van der Waals surface area contributed by atoms with E-state index in [-0.39, 0.29) is 5.97 Å². The van der Waals surface area contributed by atoms with Crippen LogP contribution < -0.4 is 0 Å². The van der Waals surface area contributed by atoms with Crippen LogP contribution in [0.1, 0.15) is 35.3 Å². The summed E-state index contributed by atoms with van der Waals surface area (Å²) in [6.45, 7) is 3.31. The Bertz CT molecular complexity index is 1070. The van der Waals surface area contributed by atoms with Gasteiger partial charge in [-0.15, -0.1) is 0 Å². The Morgan fingerprint density at radius 1 is 1.10 bits per heavy atom. The van der Waals surface area contributed by atoms with Crippen molar-refractivity contribution >= 4 is 16.9 Å². The first kappa shape index (κ1) is 20.2. The van der Waals surface area contributed by atoms with Crippen LogP contribution in [-0.4, -0.2) is 48.8 Å². The van der Waals surface area contributed by atoms with E-state index in [2.05, 4.69) is 4.90 Å². The van der Waals surface area contributed by atoms with Gasteiger partial charge in [0.2, 0.25) is 0 Å². The quantitative estimate of drug-likeness (QED) is 0.523. The Labute approximate surface area is 183 Å². The summed E-state index contributed by atoms with van der Waals surface area (Å²) in [4.78, 5) is 20.6. The molecule has 31 heavy (non-hydrogen) atoms. The number of hydrogen-bond acceptors (Lipinski definition) is 5.